The number of nitrogens with zero attached hydrogens (tertiary/aromatic N) is 5. The number of rotatable bonds is 8. The second-order valence-electron chi connectivity index (χ2n) is 11.8. The zero-order valence-corrected chi connectivity index (χ0v) is 23.8. The lowest BCUT2D eigenvalue weighted by Gasteiger charge is -2.45. The number of hydrogen-bond donors (Lipinski definition) is 3. The first-order valence-electron chi connectivity index (χ1n) is 14.4. The van der Waals surface area contributed by atoms with Crippen molar-refractivity contribution >= 4 is 35.1 Å². The number of anilines is 3. The normalized spacial score (nSPS) is 27.0. The third-order valence-corrected chi connectivity index (χ3v) is 9.31. The van der Waals surface area contributed by atoms with Crippen molar-refractivity contribution in [2.75, 3.05) is 43.4 Å². The predicted octanol–water partition coefficient (Wildman–Crippen LogP) is 5.09. The molecule has 208 valence electrons. The van der Waals surface area contributed by atoms with Crippen LogP contribution in [0.5, 0.6) is 0 Å². The van der Waals surface area contributed by atoms with E-state index in [1.54, 1.807) is 6.20 Å². The number of aromatic nitrogens is 4. The van der Waals surface area contributed by atoms with Gasteiger partial charge in [0, 0.05) is 43.9 Å². The molecule has 0 spiro atoms. The molecule has 4 heterocycles. The van der Waals surface area contributed by atoms with Gasteiger partial charge in [-0.15, -0.1) is 0 Å². The van der Waals surface area contributed by atoms with E-state index >= 15 is 0 Å². The van der Waals surface area contributed by atoms with Crippen LogP contribution in [0.15, 0.2) is 12.3 Å². The van der Waals surface area contributed by atoms with E-state index in [9.17, 15) is 4.79 Å². The van der Waals surface area contributed by atoms with Crippen molar-refractivity contribution in [3.05, 3.63) is 23.0 Å². The van der Waals surface area contributed by atoms with Crippen LogP contribution in [0.3, 0.4) is 0 Å². The molecule has 1 amide bonds. The quantitative estimate of drug-likeness (QED) is 0.427. The minimum absolute atomic E-state index is 0.333. The summed E-state index contributed by atoms with van der Waals surface area (Å²) < 4.78 is 0. The van der Waals surface area contributed by atoms with E-state index in [0.29, 0.717) is 52.8 Å². The van der Waals surface area contributed by atoms with Crippen LogP contribution in [0.1, 0.15) is 64.5 Å². The molecular weight excluding hydrogens is 500 g/mol. The fourth-order valence-electron chi connectivity index (χ4n) is 6.77. The lowest BCUT2D eigenvalue weighted by atomic mass is 9.65. The van der Waals surface area contributed by atoms with Crippen LogP contribution >= 0.6 is 11.6 Å². The monoisotopic (exact) mass is 542 g/mol. The third-order valence-electron chi connectivity index (χ3n) is 9.04. The predicted molar refractivity (Wildman–Crippen MR) is 152 cm³/mol. The molecule has 2 aromatic rings. The summed E-state index contributed by atoms with van der Waals surface area (Å²) in [5, 5.41) is 14.4. The lowest BCUT2D eigenvalue weighted by molar-refractivity contribution is -0.130. The van der Waals surface area contributed by atoms with Crippen LogP contribution in [0, 0.1) is 30.6 Å². The van der Waals surface area contributed by atoms with Gasteiger partial charge in [0.1, 0.15) is 5.02 Å². The number of carbonyl (C=O) groups excluding carboxylic acids is 1. The minimum Gasteiger partial charge on any atom is -0.351 e. The van der Waals surface area contributed by atoms with Crippen molar-refractivity contribution < 1.29 is 4.79 Å². The van der Waals surface area contributed by atoms with Gasteiger partial charge in [-0.25, -0.2) is 4.98 Å². The summed E-state index contributed by atoms with van der Waals surface area (Å²) in [4.78, 5) is 26.1. The molecule has 1 aliphatic carbocycles. The van der Waals surface area contributed by atoms with Gasteiger partial charge in [-0.2, -0.15) is 10.1 Å². The number of hydrogen-bond acceptors (Lipinski definition) is 7. The molecule has 1 saturated carbocycles. The van der Waals surface area contributed by atoms with E-state index in [2.05, 4.69) is 54.4 Å². The number of piperidine rings is 1. The second-order valence-corrected chi connectivity index (χ2v) is 12.2. The van der Waals surface area contributed by atoms with Gasteiger partial charge >= 0.3 is 0 Å². The highest BCUT2D eigenvalue weighted by molar-refractivity contribution is 6.32. The molecular formula is C28H43ClN8O. The number of halogens is 1. The van der Waals surface area contributed by atoms with Crippen molar-refractivity contribution in [2.45, 2.75) is 71.8 Å². The Morgan fingerprint density at radius 1 is 1.13 bits per heavy atom. The molecule has 4 unspecified atom stereocenters. The SMILES string of the molecule is Cc1cc(Nc2nc(NC3CC(C)C(C4CCN(CCC(=O)N5CCCC5)CC4)CC3C)ncc2Cl)n[nH]1. The Morgan fingerprint density at radius 3 is 2.61 bits per heavy atom. The molecule has 4 atom stereocenters. The molecule has 2 aliphatic heterocycles. The van der Waals surface area contributed by atoms with Crippen LogP contribution < -0.4 is 10.6 Å². The fraction of sp³-hybridized carbons (Fsp3) is 0.714. The number of H-pyrrole nitrogens is 1. The molecule has 38 heavy (non-hydrogen) atoms. The van der Waals surface area contributed by atoms with Crippen molar-refractivity contribution in [2.24, 2.45) is 23.7 Å². The molecule has 3 fully saturated rings. The van der Waals surface area contributed by atoms with E-state index < -0.39 is 0 Å². The van der Waals surface area contributed by atoms with E-state index in [4.69, 9.17) is 11.6 Å². The summed E-state index contributed by atoms with van der Waals surface area (Å²) in [6, 6.07) is 2.24. The van der Waals surface area contributed by atoms with Crippen LogP contribution in [0.2, 0.25) is 5.02 Å². The van der Waals surface area contributed by atoms with Gasteiger partial charge in [-0.1, -0.05) is 25.4 Å². The lowest BCUT2D eigenvalue weighted by Crippen LogP contribution is -2.44. The largest absolute Gasteiger partial charge is 0.351 e. The fourth-order valence-corrected chi connectivity index (χ4v) is 6.91. The molecule has 0 aromatic carbocycles. The van der Waals surface area contributed by atoms with Crippen LogP contribution in [0.4, 0.5) is 17.6 Å². The average Bonchev–Trinajstić information content (AvgIpc) is 3.59. The molecule has 5 rings (SSSR count). The zero-order chi connectivity index (χ0) is 26.6. The maximum Gasteiger partial charge on any atom is 0.224 e. The zero-order valence-electron chi connectivity index (χ0n) is 23.0. The Kier molecular flexibility index (Phi) is 8.73. The summed E-state index contributed by atoms with van der Waals surface area (Å²) in [5.41, 5.74) is 0.967. The van der Waals surface area contributed by atoms with Gasteiger partial charge in [0.2, 0.25) is 11.9 Å². The van der Waals surface area contributed by atoms with Crippen molar-refractivity contribution in [1.29, 1.82) is 0 Å². The smallest absolute Gasteiger partial charge is 0.224 e. The maximum atomic E-state index is 12.4. The van der Waals surface area contributed by atoms with Gasteiger partial charge < -0.3 is 20.4 Å². The third kappa shape index (κ3) is 6.60. The van der Waals surface area contributed by atoms with Gasteiger partial charge in [0.25, 0.3) is 0 Å². The molecule has 3 aliphatic rings. The Bertz CT molecular complexity index is 1080. The number of aryl methyl sites for hydroxylation is 1. The Morgan fingerprint density at radius 2 is 1.89 bits per heavy atom. The highest BCUT2D eigenvalue weighted by Gasteiger charge is 2.38. The molecule has 2 saturated heterocycles. The Labute approximate surface area is 231 Å². The van der Waals surface area contributed by atoms with Gasteiger partial charge in [-0.05, 0) is 82.2 Å². The van der Waals surface area contributed by atoms with Gasteiger partial charge in [0.15, 0.2) is 11.6 Å². The molecule has 9 nitrogen and oxygen atoms in total. The van der Waals surface area contributed by atoms with Crippen LogP contribution in [-0.2, 0) is 4.79 Å². The Balaban J connectivity index is 1.10. The number of aromatic amines is 1. The first kappa shape index (κ1) is 27.2. The van der Waals surface area contributed by atoms with Crippen LogP contribution in [0.25, 0.3) is 0 Å². The van der Waals surface area contributed by atoms with Crippen molar-refractivity contribution in [3.8, 4) is 0 Å². The van der Waals surface area contributed by atoms with Gasteiger partial charge in [0.05, 0.1) is 6.20 Å². The van der Waals surface area contributed by atoms with Crippen molar-refractivity contribution in [1.82, 2.24) is 30.0 Å². The number of likely N-dealkylation sites (tertiary alicyclic amines) is 2. The molecule has 3 N–H and O–H groups in total. The first-order valence-corrected chi connectivity index (χ1v) is 14.8. The van der Waals surface area contributed by atoms with E-state index in [0.717, 1.165) is 56.7 Å². The molecule has 10 heteroatoms. The highest BCUT2D eigenvalue weighted by atomic mass is 35.5. The summed E-state index contributed by atoms with van der Waals surface area (Å²) >= 11 is 6.35. The topological polar surface area (TPSA) is 102 Å². The maximum absolute atomic E-state index is 12.4. The summed E-state index contributed by atoms with van der Waals surface area (Å²) in [5.74, 6) is 4.90. The molecule has 0 bridgehead atoms. The van der Waals surface area contributed by atoms with E-state index in [1.165, 1.54) is 32.1 Å². The van der Waals surface area contributed by atoms with E-state index in [-0.39, 0.29) is 0 Å². The first-order chi connectivity index (χ1) is 18.4. The minimum atomic E-state index is 0.333. The van der Waals surface area contributed by atoms with Gasteiger partial charge in [-0.3, -0.25) is 9.89 Å². The van der Waals surface area contributed by atoms with Crippen molar-refractivity contribution in [3.63, 3.8) is 0 Å². The average molecular weight is 543 g/mol. The second kappa shape index (κ2) is 12.2. The number of nitrogens with one attached hydrogen (secondary N) is 3. The number of carbonyl (C=O) groups is 1. The molecule has 0 radical (unpaired) electrons. The summed E-state index contributed by atoms with van der Waals surface area (Å²) in [7, 11) is 0. The number of amides is 1. The van der Waals surface area contributed by atoms with Crippen LogP contribution in [-0.4, -0.2) is 74.6 Å². The summed E-state index contributed by atoms with van der Waals surface area (Å²) in [6.07, 6.45) is 9.50. The molecule has 2 aromatic heterocycles. The standard InChI is InChI=1S/C28H43ClN8O/c1-18-15-24(31-28-30-17-23(29)27(33-28)32-25-16-20(3)34-35-25)19(2)14-22(18)21-6-11-36(12-7-21)13-8-26(38)37-9-4-5-10-37/h16-19,21-22,24H,4-15H2,1-3H3,(H3,30,31,32,33,34,35). The highest BCUT2D eigenvalue weighted by Crippen LogP contribution is 2.42. The summed E-state index contributed by atoms with van der Waals surface area (Å²) in [6.45, 7) is 11.8. The van der Waals surface area contributed by atoms with E-state index in [1.807, 2.05) is 13.0 Å². The Hall–Kier alpha value is -2.39.